The van der Waals surface area contributed by atoms with E-state index in [0.717, 1.165) is 12.1 Å². The summed E-state index contributed by atoms with van der Waals surface area (Å²) >= 11 is 0. The summed E-state index contributed by atoms with van der Waals surface area (Å²) in [5.41, 5.74) is 3.66. The first-order chi connectivity index (χ1) is 6.27. The molecule has 0 aliphatic carbocycles. The molecule has 0 aliphatic rings. The van der Waals surface area contributed by atoms with Gasteiger partial charge in [0.25, 0.3) is 0 Å². The number of ether oxygens (including phenoxy) is 1. The molecule has 0 spiro atoms. The number of nitrogens with two attached hydrogens (primary N) is 1. The maximum Gasteiger partial charge on any atom is 0.0808 e. The Morgan fingerprint density at radius 2 is 2.54 bits per heavy atom. The van der Waals surface area contributed by atoms with Crippen LogP contribution in [0.15, 0.2) is 12.3 Å². The molecule has 1 atom stereocenters. The van der Waals surface area contributed by atoms with Crippen molar-refractivity contribution in [2.45, 2.75) is 12.5 Å². The molecule has 0 aliphatic heterocycles. The molecule has 1 aromatic heterocycles. The summed E-state index contributed by atoms with van der Waals surface area (Å²) in [6.45, 7) is 0.672. The Hall–Kier alpha value is -0.910. The molecule has 1 aromatic rings. The number of methoxy groups -OCH3 is 1. The van der Waals surface area contributed by atoms with E-state index in [1.165, 1.54) is 0 Å². The Morgan fingerprint density at radius 1 is 1.77 bits per heavy atom. The Kier molecular flexibility index (Phi) is 3.88. The molecule has 0 saturated carbocycles. The minimum Gasteiger partial charge on any atom is -0.385 e. The maximum absolute atomic E-state index is 5.40. The average molecular weight is 184 g/mol. The largest absolute Gasteiger partial charge is 0.385 e. The van der Waals surface area contributed by atoms with E-state index in [2.05, 4.69) is 10.5 Å². The lowest BCUT2D eigenvalue weighted by atomic mass is 10.1. The summed E-state index contributed by atoms with van der Waals surface area (Å²) in [5.74, 6) is 5.40. The van der Waals surface area contributed by atoms with Gasteiger partial charge in [-0.1, -0.05) is 0 Å². The van der Waals surface area contributed by atoms with E-state index in [9.17, 15) is 0 Å². The minimum atomic E-state index is 0.0705. The van der Waals surface area contributed by atoms with Gasteiger partial charge in [0, 0.05) is 27.0 Å². The zero-order chi connectivity index (χ0) is 9.68. The summed E-state index contributed by atoms with van der Waals surface area (Å²) < 4.78 is 6.73. The van der Waals surface area contributed by atoms with Crippen LogP contribution in [0.25, 0.3) is 0 Å². The van der Waals surface area contributed by atoms with E-state index in [-0.39, 0.29) is 6.04 Å². The second-order valence-electron chi connectivity index (χ2n) is 2.91. The lowest BCUT2D eigenvalue weighted by Gasteiger charge is -2.12. The van der Waals surface area contributed by atoms with Crippen molar-refractivity contribution in [2.75, 3.05) is 13.7 Å². The van der Waals surface area contributed by atoms with E-state index >= 15 is 0 Å². The third-order valence-corrected chi connectivity index (χ3v) is 1.90. The van der Waals surface area contributed by atoms with Crippen molar-refractivity contribution in [2.24, 2.45) is 12.9 Å². The first-order valence-electron chi connectivity index (χ1n) is 4.22. The topological polar surface area (TPSA) is 65.1 Å². The zero-order valence-electron chi connectivity index (χ0n) is 8.03. The van der Waals surface area contributed by atoms with Crippen molar-refractivity contribution >= 4 is 0 Å². The predicted molar refractivity (Wildman–Crippen MR) is 49.8 cm³/mol. The summed E-state index contributed by atoms with van der Waals surface area (Å²) in [6, 6.07) is 2.02. The van der Waals surface area contributed by atoms with E-state index in [1.54, 1.807) is 11.8 Å². The van der Waals surface area contributed by atoms with E-state index in [0.29, 0.717) is 6.61 Å². The van der Waals surface area contributed by atoms with Crippen LogP contribution in [-0.2, 0) is 11.8 Å². The Morgan fingerprint density at radius 3 is 3.00 bits per heavy atom. The molecular formula is C8H16N4O. The fourth-order valence-corrected chi connectivity index (χ4v) is 1.17. The standard InChI is InChI=1S/C8H16N4O/c1-12-5-3-8(11-12)7(10-9)4-6-13-2/h3,5,7,10H,4,6,9H2,1-2H3. The highest BCUT2D eigenvalue weighted by atomic mass is 16.5. The van der Waals surface area contributed by atoms with Gasteiger partial charge in [-0.2, -0.15) is 5.10 Å². The predicted octanol–water partition coefficient (Wildman–Crippen LogP) is -0.0390. The van der Waals surface area contributed by atoms with Crippen LogP contribution in [0.5, 0.6) is 0 Å². The third-order valence-electron chi connectivity index (χ3n) is 1.90. The van der Waals surface area contributed by atoms with Crippen molar-refractivity contribution in [3.63, 3.8) is 0 Å². The van der Waals surface area contributed by atoms with Gasteiger partial charge in [-0.25, -0.2) is 0 Å². The molecule has 1 rings (SSSR count). The fraction of sp³-hybridized carbons (Fsp3) is 0.625. The molecule has 0 bridgehead atoms. The number of hydrazine groups is 1. The van der Waals surface area contributed by atoms with E-state index in [1.807, 2.05) is 19.3 Å². The van der Waals surface area contributed by atoms with Gasteiger partial charge in [-0.05, 0) is 12.5 Å². The second-order valence-corrected chi connectivity index (χ2v) is 2.91. The highest BCUT2D eigenvalue weighted by molar-refractivity contribution is 5.04. The molecule has 5 heteroatoms. The van der Waals surface area contributed by atoms with Crippen molar-refractivity contribution in [1.29, 1.82) is 0 Å². The molecule has 0 fully saturated rings. The molecule has 5 nitrogen and oxygen atoms in total. The SMILES string of the molecule is COCCC(NN)c1ccn(C)n1. The first-order valence-corrected chi connectivity index (χ1v) is 4.22. The Bertz CT molecular complexity index is 248. The van der Waals surface area contributed by atoms with Gasteiger partial charge >= 0.3 is 0 Å². The number of nitrogens with zero attached hydrogens (tertiary/aromatic N) is 2. The lowest BCUT2D eigenvalue weighted by molar-refractivity contribution is 0.182. The second kappa shape index (κ2) is 4.96. The first kappa shape index (κ1) is 10.2. The van der Waals surface area contributed by atoms with Gasteiger partial charge in [-0.3, -0.25) is 16.0 Å². The molecule has 13 heavy (non-hydrogen) atoms. The minimum absolute atomic E-state index is 0.0705. The highest BCUT2D eigenvalue weighted by Crippen LogP contribution is 2.12. The van der Waals surface area contributed by atoms with Gasteiger partial charge in [-0.15, -0.1) is 0 Å². The van der Waals surface area contributed by atoms with Crippen LogP contribution < -0.4 is 11.3 Å². The van der Waals surface area contributed by atoms with Crippen molar-refractivity contribution in [3.8, 4) is 0 Å². The monoisotopic (exact) mass is 184 g/mol. The number of aromatic nitrogens is 2. The highest BCUT2D eigenvalue weighted by Gasteiger charge is 2.11. The van der Waals surface area contributed by atoms with Gasteiger partial charge < -0.3 is 4.74 Å². The fourth-order valence-electron chi connectivity index (χ4n) is 1.17. The number of aryl methyl sites for hydroxylation is 1. The number of nitrogens with one attached hydrogen (secondary N) is 1. The normalized spacial score (nSPS) is 13.2. The van der Waals surface area contributed by atoms with Crippen LogP contribution in [0.4, 0.5) is 0 Å². The molecule has 3 N–H and O–H groups in total. The van der Waals surface area contributed by atoms with E-state index in [4.69, 9.17) is 10.6 Å². The van der Waals surface area contributed by atoms with Crippen LogP contribution in [0, 0.1) is 0 Å². The van der Waals surface area contributed by atoms with Gasteiger partial charge in [0.1, 0.15) is 0 Å². The van der Waals surface area contributed by atoms with Crippen LogP contribution in [0.1, 0.15) is 18.2 Å². The van der Waals surface area contributed by atoms with Crippen molar-refractivity contribution in [3.05, 3.63) is 18.0 Å². The Balaban J connectivity index is 2.56. The Labute approximate surface area is 77.8 Å². The molecule has 1 unspecified atom stereocenters. The molecule has 0 amide bonds. The number of hydrogen-bond donors (Lipinski definition) is 2. The quantitative estimate of drug-likeness (QED) is 0.498. The molecular weight excluding hydrogens is 168 g/mol. The van der Waals surface area contributed by atoms with E-state index < -0.39 is 0 Å². The van der Waals surface area contributed by atoms with Gasteiger partial charge in [0.05, 0.1) is 11.7 Å². The lowest BCUT2D eigenvalue weighted by Crippen LogP contribution is -2.29. The van der Waals surface area contributed by atoms with Crippen LogP contribution in [0.2, 0.25) is 0 Å². The van der Waals surface area contributed by atoms with Gasteiger partial charge in [0.2, 0.25) is 0 Å². The molecule has 0 radical (unpaired) electrons. The summed E-state index contributed by atoms with van der Waals surface area (Å²) in [5, 5.41) is 4.25. The van der Waals surface area contributed by atoms with Crippen molar-refractivity contribution < 1.29 is 4.74 Å². The summed E-state index contributed by atoms with van der Waals surface area (Å²) in [6.07, 6.45) is 2.72. The van der Waals surface area contributed by atoms with Crippen LogP contribution >= 0.6 is 0 Å². The smallest absolute Gasteiger partial charge is 0.0808 e. The van der Waals surface area contributed by atoms with Crippen LogP contribution in [0.3, 0.4) is 0 Å². The maximum atomic E-state index is 5.40. The molecule has 74 valence electrons. The molecule has 0 aromatic carbocycles. The van der Waals surface area contributed by atoms with Crippen LogP contribution in [-0.4, -0.2) is 23.5 Å². The molecule has 1 heterocycles. The zero-order valence-corrected chi connectivity index (χ0v) is 8.03. The van der Waals surface area contributed by atoms with Crippen molar-refractivity contribution in [1.82, 2.24) is 15.2 Å². The average Bonchev–Trinajstić information content (AvgIpc) is 2.54. The third kappa shape index (κ3) is 2.80. The van der Waals surface area contributed by atoms with Gasteiger partial charge in [0.15, 0.2) is 0 Å². The molecule has 0 saturated heterocycles. The summed E-state index contributed by atoms with van der Waals surface area (Å²) in [7, 11) is 3.55. The number of hydrogen-bond acceptors (Lipinski definition) is 4. The number of rotatable bonds is 5. The summed E-state index contributed by atoms with van der Waals surface area (Å²) in [4.78, 5) is 0.